The van der Waals surface area contributed by atoms with Crippen LogP contribution >= 0.6 is 46.4 Å². The summed E-state index contributed by atoms with van der Waals surface area (Å²) >= 11 is 21.6. The summed E-state index contributed by atoms with van der Waals surface area (Å²) in [4.78, 5) is 0. The Balaban J connectivity index is 0.000000252. The van der Waals surface area contributed by atoms with Crippen LogP contribution in [0.5, 0.6) is 0 Å². The summed E-state index contributed by atoms with van der Waals surface area (Å²) in [7, 11) is 0. The van der Waals surface area contributed by atoms with Gasteiger partial charge < -0.3 is 0 Å². The predicted molar refractivity (Wildman–Crippen MR) is 62.5 cm³/mol. The minimum absolute atomic E-state index is 0.122. The topological polar surface area (TPSA) is 0 Å². The van der Waals surface area contributed by atoms with E-state index in [1.165, 1.54) is 0 Å². The van der Waals surface area contributed by atoms with Crippen LogP contribution in [-0.4, -0.2) is 11.3 Å². The van der Waals surface area contributed by atoms with Gasteiger partial charge in [0.25, 0.3) is 0 Å². The van der Waals surface area contributed by atoms with Crippen LogP contribution in [0.2, 0.25) is 10.0 Å². The Morgan fingerprint density at radius 3 is 1.46 bits per heavy atom. The Kier molecular flexibility index (Phi) is 7.98. The lowest BCUT2D eigenvalue weighted by Crippen LogP contribution is -1.87. The molecule has 0 aliphatic rings. The lowest BCUT2D eigenvalue weighted by Gasteiger charge is -1.86. The number of hydrogen-bond donors (Lipinski definition) is 0. The molecule has 1 aromatic carbocycles. The van der Waals surface area contributed by atoms with E-state index >= 15 is 0 Å². The van der Waals surface area contributed by atoms with Gasteiger partial charge in [0, 0.05) is 21.3 Å². The maximum atomic E-state index is 5.55. The standard InChI is InChI=1S/C6H4Cl2.C3H6Cl2/c7-5-1-2-6(8)4-3-5;1-3(5)2-4/h1-4H;3H,2H2,1H3. The van der Waals surface area contributed by atoms with Crippen molar-refractivity contribution >= 4 is 46.4 Å². The Hall–Kier alpha value is 0.380. The second-order valence-corrected chi connectivity index (χ2v) is 4.30. The van der Waals surface area contributed by atoms with Crippen molar-refractivity contribution < 1.29 is 0 Å². The fourth-order valence-corrected chi connectivity index (χ4v) is 0.682. The average Bonchev–Trinajstić information content (AvgIpc) is 2.11. The molecule has 0 amide bonds. The molecule has 0 nitrogen and oxygen atoms in total. The Labute approximate surface area is 98.7 Å². The van der Waals surface area contributed by atoms with Crippen molar-refractivity contribution in [2.24, 2.45) is 0 Å². The van der Waals surface area contributed by atoms with E-state index in [1.54, 1.807) is 24.3 Å². The zero-order valence-electron chi connectivity index (χ0n) is 7.11. The molecule has 1 aromatic rings. The first-order valence-electron chi connectivity index (χ1n) is 3.67. The highest BCUT2D eigenvalue weighted by molar-refractivity contribution is 6.32. The maximum absolute atomic E-state index is 5.55. The molecule has 0 radical (unpaired) electrons. The van der Waals surface area contributed by atoms with Gasteiger partial charge in [0.15, 0.2) is 0 Å². The van der Waals surface area contributed by atoms with Crippen LogP contribution < -0.4 is 0 Å². The van der Waals surface area contributed by atoms with Gasteiger partial charge in [-0.15, -0.1) is 23.2 Å². The third kappa shape index (κ3) is 8.70. The van der Waals surface area contributed by atoms with E-state index < -0.39 is 0 Å². The predicted octanol–water partition coefficient (Wildman–Crippen LogP) is 4.85. The number of hydrogen-bond acceptors (Lipinski definition) is 0. The van der Waals surface area contributed by atoms with Crippen LogP contribution in [-0.2, 0) is 0 Å². The molecular weight excluding hydrogens is 250 g/mol. The minimum atomic E-state index is 0.122. The fourth-order valence-electron chi connectivity index (χ4n) is 0.430. The molecule has 0 aliphatic heterocycles. The molecule has 1 rings (SSSR count). The van der Waals surface area contributed by atoms with Crippen LogP contribution in [0.4, 0.5) is 0 Å². The molecule has 1 atom stereocenters. The molecule has 0 bridgehead atoms. The Bertz CT molecular complexity index is 197. The highest BCUT2D eigenvalue weighted by atomic mass is 35.5. The molecule has 0 aromatic heterocycles. The zero-order valence-corrected chi connectivity index (χ0v) is 10.1. The zero-order chi connectivity index (χ0) is 10.3. The monoisotopic (exact) mass is 258 g/mol. The van der Waals surface area contributed by atoms with Crippen LogP contribution in [0.3, 0.4) is 0 Å². The summed E-state index contributed by atoms with van der Waals surface area (Å²) in [6.45, 7) is 1.86. The largest absolute Gasteiger partial charge is 0.125 e. The van der Waals surface area contributed by atoms with Crippen molar-refractivity contribution in [2.75, 3.05) is 5.88 Å². The summed E-state index contributed by atoms with van der Waals surface area (Å²) in [6.07, 6.45) is 0. The van der Waals surface area contributed by atoms with Gasteiger partial charge in [-0.2, -0.15) is 0 Å². The van der Waals surface area contributed by atoms with E-state index in [1.807, 2.05) is 6.92 Å². The average molecular weight is 260 g/mol. The van der Waals surface area contributed by atoms with E-state index in [-0.39, 0.29) is 5.38 Å². The van der Waals surface area contributed by atoms with E-state index in [0.717, 1.165) is 10.0 Å². The number of benzene rings is 1. The summed E-state index contributed by atoms with van der Waals surface area (Å²) in [6, 6.07) is 7.02. The minimum Gasteiger partial charge on any atom is -0.125 e. The second-order valence-electron chi connectivity index (χ2n) is 2.37. The second kappa shape index (κ2) is 7.75. The van der Waals surface area contributed by atoms with Crippen molar-refractivity contribution in [2.45, 2.75) is 12.3 Å². The maximum Gasteiger partial charge on any atom is 0.0443 e. The van der Waals surface area contributed by atoms with Crippen molar-refractivity contribution in [1.82, 2.24) is 0 Å². The van der Waals surface area contributed by atoms with Crippen molar-refractivity contribution in [1.29, 1.82) is 0 Å². The van der Waals surface area contributed by atoms with Crippen LogP contribution in [0.15, 0.2) is 24.3 Å². The third-order valence-corrected chi connectivity index (χ3v) is 2.30. The lowest BCUT2D eigenvalue weighted by atomic mass is 10.4. The highest BCUT2D eigenvalue weighted by Crippen LogP contribution is 2.12. The first-order chi connectivity index (χ1) is 6.06. The molecule has 4 heteroatoms. The molecule has 0 aliphatic carbocycles. The van der Waals surface area contributed by atoms with Crippen LogP contribution in [0, 0.1) is 0 Å². The molecular formula is C9H10Cl4. The van der Waals surface area contributed by atoms with Gasteiger partial charge in [-0.25, -0.2) is 0 Å². The highest BCUT2D eigenvalue weighted by Gasteiger charge is 1.85. The number of alkyl halides is 2. The van der Waals surface area contributed by atoms with Gasteiger partial charge >= 0.3 is 0 Å². The molecule has 0 saturated heterocycles. The van der Waals surface area contributed by atoms with Crippen molar-refractivity contribution in [3.63, 3.8) is 0 Å². The van der Waals surface area contributed by atoms with E-state index in [0.29, 0.717) is 5.88 Å². The smallest absolute Gasteiger partial charge is 0.0443 e. The molecule has 0 saturated carbocycles. The van der Waals surface area contributed by atoms with Crippen molar-refractivity contribution in [3.05, 3.63) is 34.3 Å². The molecule has 1 unspecified atom stereocenters. The van der Waals surface area contributed by atoms with Crippen LogP contribution in [0.25, 0.3) is 0 Å². The molecule has 0 N–H and O–H groups in total. The summed E-state index contributed by atoms with van der Waals surface area (Å²) in [5, 5.41) is 1.56. The van der Waals surface area contributed by atoms with E-state index in [2.05, 4.69) is 0 Å². The molecule has 13 heavy (non-hydrogen) atoms. The molecule has 0 heterocycles. The van der Waals surface area contributed by atoms with Gasteiger partial charge in [-0.1, -0.05) is 23.2 Å². The molecule has 74 valence electrons. The lowest BCUT2D eigenvalue weighted by molar-refractivity contribution is 1.11. The quantitative estimate of drug-likeness (QED) is 0.633. The summed E-state index contributed by atoms with van der Waals surface area (Å²) < 4.78 is 0. The first kappa shape index (κ1) is 13.4. The number of rotatable bonds is 1. The Morgan fingerprint density at radius 2 is 1.31 bits per heavy atom. The SMILES string of the molecule is CC(Cl)CCl.Clc1ccc(Cl)cc1. The molecule has 0 spiro atoms. The molecule has 0 fully saturated rings. The van der Waals surface area contributed by atoms with Crippen LogP contribution in [0.1, 0.15) is 6.92 Å². The third-order valence-electron chi connectivity index (χ3n) is 1.02. The normalized spacial score (nSPS) is 11.5. The summed E-state index contributed by atoms with van der Waals surface area (Å²) in [5.41, 5.74) is 0. The van der Waals surface area contributed by atoms with E-state index in [9.17, 15) is 0 Å². The van der Waals surface area contributed by atoms with Gasteiger partial charge in [-0.3, -0.25) is 0 Å². The van der Waals surface area contributed by atoms with Crippen molar-refractivity contribution in [3.8, 4) is 0 Å². The van der Waals surface area contributed by atoms with Gasteiger partial charge in [0.2, 0.25) is 0 Å². The van der Waals surface area contributed by atoms with Gasteiger partial charge in [-0.05, 0) is 31.2 Å². The van der Waals surface area contributed by atoms with Gasteiger partial charge in [0.05, 0.1) is 0 Å². The Morgan fingerprint density at radius 1 is 1.08 bits per heavy atom. The fraction of sp³-hybridized carbons (Fsp3) is 0.333. The van der Waals surface area contributed by atoms with E-state index in [4.69, 9.17) is 46.4 Å². The first-order valence-corrected chi connectivity index (χ1v) is 5.40. The summed E-state index contributed by atoms with van der Waals surface area (Å²) in [5.74, 6) is 0.543. The number of halogens is 4. The van der Waals surface area contributed by atoms with Gasteiger partial charge in [0.1, 0.15) is 0 Å².